The van der Waals surface area contributed by atoms with Gasteiger partial charge in [-0.25, -0.2) is 0 Å². The minimum atomic E-state index is -0.850. The van der Waals surface area contributed by atoms with E-state index in [1.807, 2.05) is 0 Å². The topological polar surface area (TPSA) is 73.9 Å². The van der Waals surface area contributed by atoms with E-state index in [1.54, 1.807) is 19.9 Å². The third-order valence-corrected chi connectivity index (χ3v) is 2.82. The molecule has 5 nitrogen and oxygen atoms in total. The molecule has 2 rings (SSSR count). The summed E-state index contributed by atoms with van der Waals surface area (Å²) in [5, 5.41) is 18.7. The molecule has 1 aliphatic rings. The van der Waals surface area contributed by atoms with E-state index in [0.29, 0.717) is 17.1 Å². The molecule has 0 radical (unpaired) electrons. The molecule has 5 heteroatoms. The first kappa shape index (κ1) is 11.2. The summed E-state index contributed by atoms with van der Waals surface area (Å²) < 4.78 is 5.28. The SMILES string of the molecule is Cc1cc(C(=O)N2CC(O)C(O)C2)c(C)o1. The number of nitrogens with zero attached hydrogens (tertiary/aromatic N) is 1. The van der Waals surface area contributed by atoms with Crippen molar-refractivity contribution in [3.8, 4) is 0 Å². The second kappa shape index (κ2) is 3.92. The van der Waals surface area contributed by atoms with Crippen molar-refractivity contribution >= 4 is 5.91 Å². The number of aryl methyl sites for hydroxylation is 2. The number of rotatable bonds is 1. The Hall–Kier alpha value is -1.33. The summed E-state index contributed by atoms with van der Waals surface area (Å²) in [6, 6.07) is 1.68. The normalized spacial score (nSPS) is 25.1. The van der Waals surface area contributed by atoms with Crippen molar-refractivity contribution in [1.29, 1.82) is 0 Å². The number of aliphatic hydroxyl groups excluding tert-OH is 2. The Balaban J connectivity index is 2.17. The van der Waals surface area contributed by atoms with Crippen LogP contribution in [0.5, 0.6) is 0 Å². The van der Waals surface area contributed by atoms with Gasteiger partial charge in [0.15, 0.2) is 0 Å². The Kier molecular flexibility index (Phi) is 2.73. The maximum Gasteiger partial charge on any atom is 0.257 e. The predicted molar refractivity (Wildman–Crippen MR) is 56.1 cm³/mol. The summed E-state index contributed by atoms with van der Waals surface area (Å²) in [4.78, 5) is 13.5. The smallest absolute Gasteiger partial charge is 0.257 e. The molecule has 88 valence electrons. The zero-order valence-electron chi connectivity index (χ0n) is 9.30. The first-order valence-electron chi connectivity index (χ1n) is 5.21. The number of furan rings is 1. The Morgan fingerprint density at radius 3 is 2.38 bits per heavy atom. The van der Waals surface area contributed by atoms with Crippen LogP contribution in [-0.2, 0) is 0 Å². The maximum absolute atomic E-state index is 12.0. The molecule has 1 amide bonds. The van der Waals surface area contributed by atoms with Gasteiger partial charge in [0.25, 0.3) is 5.91 Å². The Labute approximate surface area is 93.3 Å². The minimum Gasteiger partial charge on any atom is -0.466 e. The molecule has 2 heterocycles. The lowest BCUT2D eigenvalue weighted by Crippen LogP contribution is -2.29. The van der Waals surface area contributed by atoms with Crippen LogP contribution in [0.25, 0.3) is 0 Å². The lowest BCUT2D eigenvalue weighted by molar-refractivity contribution is 0.0572. The van der Waals surface area contributed by atoms with E-state index in [0.717, 1.165) is 0 Å². The number of carbonyl (C=O) groups excluding carboxylic acids is 1. The van der Waals surface area contributed by atoms with E-state index in [-0.39, 0.29) is 19.0 Å². The van der Waals surface area contributed by atoms with E-state index in [4.69, 9.17) is 4.42 Å². The van der Waals surface area contributed by atoms with Crippen molar-refractivity contribution in [2.45, 2.75) is 26.1 Å². The fourth-order valence-corrected chi connectivity index (χ4v) is 1.95. The first-order chi connectivity index (χ1) is 7.49. The maximum atomic E-state index is 12.0. The zero-order valence-corrected chi connectivity index (χ0v) is 9.30. The van der Waals surface area contributed by atoms with Gasteiger partial charge in [-0.2, -0.15) is 0 Å². The Morgan fingerprint density at radius 2 is 1.94 bits per heavy atom. The van der Waals surface area contributed by atoms with Gasteiger partial charge in [0, 0.05) is 13.1 Å². The van der Waals surface area contributed by atoms with Crippen LogP contribution in [0, 0.1) is 13.8 Å². The molecule has 1 fully saturated rings. The lowest BCUT2D eigenvalue weighted by Gasteiger charge is -2.14. The molecular formula is C11H15NO4. The zero-order chi connectivity index (χ0) is 11.9. The lowest BCUT2D eigenvalue weighted by atomic mass is 10.2. The van der Waals surface area contributed by atoms with Gasteiger partial charge in [0.05, 0.1) is 17.8 Å². The van der Waals surface area contributed by atoms with Gasteiger partial charge in [-0.05, 0) is 19.9 Å². The molecule has 1 aromatic rings. The third-order valence-electron chi connectivity index (χ3n) is 2.82. The summed E-state index contributed by atoms with van der Waals surface area (Å²) in [6.45, 7) is 3.84. The van der Waals surface area contributed by atoms with Gasteiger partial charge in [-0.3, -0.25) is 4.79 Å². The van der Waals surface area contributed by atoms with Crippen molar-refractivity contribution in [1.82, 2.24) is 4.90 Å². The van der Waals surface area contributed by atoms with E-state index >= 15 is 0 Å². The van der Waals surface area contributed by atoms with Crippen molar-refractivity contribution in [2.24, 2.45) is 0 Å². The second-order valence-electron chi connectivity index (χ2n) is 4.17. The van der Waals surface area contributed by atoms with Crippen LogP contribution in [0.4, 0.5) is 0 Å². The van der Waals surface area contributed by atoms with Crippen LogP contribution in [0.2, 0.25) is 0 Å². The van der Waals surface area contributed by atoms with Crippen molar-refractivity contribution in [3.63, 3.8) is 0 Å². The highest BCUT2D eigenvalue weighted by molar-refractivity contribution is 5.95. The largest absolute Gasteiger partial charge is 0.466 e. The van der Waals surface area contributed by atoms with Gasteiger partial charge in [0.2, 0.25) is 0 Å². The monoisotopic (exact) mass is 225 g/mol. The average Bonchev–Trinajstić information content (AvgIpc) is 2.70. The fourth-order valence-electron chi connectivity index (χ4n) is 1.95. The van der Waals surface area contributed by atoms with Crippen LogP contribution in [-0.4, -0.2) is 46.3 Å². The predicted octanol–water partition coefficient (Wildman–Crippen LogP) is 0.0740. The summed E-state index contributed by atoms with van der Waals surface area (Å²) in [5.41, 5.74) is 0.499. The molecule has 0 bridgehead atoms. The summed E-state index contributed by atoms with van der Waals surface area (Å²) in [7, 11) is 0. The molecule has 1 aromatic heterocycles. The van der Waals surface area contributed by atoms with E-state index in [9.17, 15) is 15.0 Å². The summed E-state index contributed by atoms with van der Waals surface area (Å²) in [5.74, 6) is 1.05. The minimum absolute atomic E-state index is 0.170. The number of hydrogen-bond acceptors (Lipinski definition) is 4. The van der Waals surface area contributed by atoms with Crippen LogP contribution in [0.3, 0.4) is 0 Å². The van der Waals surface area contributed by atoms with Gasteiger partial charge in [0.1, 0.15) is 11.5 Å². The van der Waals surface area contributed by atoms with Gasteiger partial charge in [-0.1, -0.05) is 0 Å². The van der Waals surface area contributed by atoms with E-state index < -0.39 is 12.2 Å². The van der Waals surface area contributed by atoms with Crippen LogP contribution < -0.4 is 0 Å². The standard InChI is InChI=1S/C11H15NO4/c1-6-3-8(7(2)16-6)11(15)12-4-9(13)10(14)5-12/h3,9-10,13-14H,4-5H2,1-2H3. The molecule has 2 unspecified atom stereocenters. The van der Waals surface area contributed by atoms with Crippen LogP contribution in [0.1, 0.15) is 21.9 Å². The second-order valence-corrected chi connectivity index (χ2v) is 4.17. The highest BCUT2D eigenvalue weighted by Gasteiger charge is 2.33. The highest BCUT2D eigenvalue weighted by Crippen LogP contribution is 2.19. The first-order valence-corrected chi connectivity index (χ1v) is 5.21. The molecule has 0 aliphatic carbocycles. The van der Waals surface area contributed by atoms with Crippen molar-refractivity contribution in [2.75, 3.05) is 13.1 Å². The molecule has 2 atom stereocenters. The van der Waals surface area contributed by atoms with E-state index in [1.165, 1.54) is 4.90 Å². The number of aliphatic hydroxyl groups is 2. The molecule has 16 heavy (non-hydrogen) atoms. The van der Waals surface area contributed by atoms with Gasteiger partial charge in [-0.15, -0.1) is 0 Å². The summed E-state index contributed by atoms with van der Waals surface area (Å²) in [6.07, 6.45) is -1.70. The number of amides is 1. The average molecular weight is 225 g/mol. The molecule has 0 spiro atoms. The molecule has 1 saturated heterocycles. The molecule has 0 aromatic carbocycles. The molecule has 1 aliphatic heterocycles. The van der Waals surface area contributed by atoms with Gasteiger partial charge >= 0.3 is 0 Å². The Bertz CT molecular complexity index is 402. The summed E-state index contributed by atoms with van der Waals surface area (Å²) >= 11 is 0. The number of likely N-dealkylation sites (tertiary alicyclic amines) is 1. The quantitative estimate of drug-likeness (QED) is 0.709. The molecule has 0 saturated carbocycles. The Morgan fingerprint density at radius 1 is 1.38 bits per heavy atom. The molecular weight excluding hydrogens is 210 g/mol. The fraction of sp³-hybridized carbons (Fsp3) is 0.545. The van der Waals surface area contributed by atoms with Crippen LogP contribution in [0.15, 0.2) is 10.5 Å². The van der Waals surface area contributed by atoms with Crippen LogP contribution >= 0.6 is 0 Å². The van der Waals surface area contributed by atoms with Gasteiger partial charge < -0.3 is 19.5 Å². The number of carbonyl (C=O) groups is 1. The number of β-amino-alcohol motifs (C(OH)–C–C–N with tert-alkyl or cyclic N) is 2. The highest BCUT2D eigenvalue weighted by atomic mass is 16.3. The number of hydrogen-bond donors (Lipinski definition) is 2. The third kappa shape index (κ3) is 1.83. The molecule has 2 N–H and O–H groups in total. The van der Waals surface area contributed by atoms with E-state index in [2.05, 4.69) is 0 Å². The van der Waals surface area contributed by atoms with Crippen molar-refractivity contribution < 1.29 is 19.4 Å². The van der Waals surface area contributed by atoms with Crippen molar-refractivity contribution in [3.05, 3.63) is 23.2 Å².